The molecule has 0 spiro atoms. The molecule has 0 radical (unpaired) electrons. The molecule has 1 aromatic carbocycles. The molecule has 1 aliphatic heterocycles. The first-order chi connectivity index (χ1) is 6.85. The van der Waals surface area contributed by atoms with Crippen LogP contribution in [0, 0.1) is 0 Å². The second-order valence-corrected chi connectivity index (χ2v) is 3.41. The Morgan fingerprint density at radius 3 is 2.43 bits per heavy atom. The van der Waals surface area contributed by atoms with Crippen LogP contribution in [-0.2, 0) is 0 Å². The molecular weight excluding hydrogens is 178 g/mol. The van der Waals surface area contributed by atoms with E-state index in [1.54, 1.807) is 14.2 Å². The lowest BCUT2D eigenvalue weighted by atomic mass is 9.98. The van der Waals surface area contributed by atoms with Gasteiger partial charge in [0, 0.05) is 6.04 Å². The van der Waals surface area contributed by atoms with E-state index in [4.69, 9.17) is 9.47 Å². The van der Waals surface area contributed by atoms with Gasteiger partial charge in [0.1, 0.15) is 0 Å². The third-order valence-corrected chi connectivity index (χ3v) is 2.63. The van der Waals surface area contributed by atoms with Gasteiger partial charge in [-0.1, -0.05) is 6.07 Å². The van der Waals surface area contributed by atoms with Crippen molar-refractivity contribution < 1.29 is 9.47 Å². The van der Waals surface area contributed by atoms with E-state index < -0.39 is 0 Å². The summed E-state index contributed by atoms with van der Waals surface area (Å²) >= 11 is 0. The Balaban J connectivity index is 2.26. The van der Waals surface area contributed by atoms with E-state index >= 15 is 0 Å². The minimum absolute atomic E-state index is 0.495. The zero-order chi connectivity index (χ0) is 9.97. The molecule has 1 aliphatic rings. The molecule has 76 valence electrons. The van der Waals surface area contributed by atoms with Crippen molar-refractivity contribution in [3.8, 4) is 11.5 Å². The minimum atomic E-state index is 0.495. The third-order valence-electron chi connectivity index (χ3n) is 2.63. The smallest absolute Gasteiger partial charge is 0.161 e. The molecule has 1 saturated heterocycles. The highest BCUT2D eigenvalue weighted by atomic mass is 16.5. The van der Waals surface area contributed by atoms with Gasteiger partial charge >= 0.3 is 0 Å². The lowest BCUT2D eigenvalue weighted by molar-refractivity contribution is 0.349. The highest BCUT2D eigenvalue weighted by Gasteiger charge is 2.19. The Bertz CT molecular complexity index is 321. The third kappa shape index (κ3) is 1.55. The monoisotopic (exact) mass is 193 g/mol. The first kappa shape index (κ1) is 9.34. The summed E-state index contributed by atoms with van der Waals surface area (Å²) < 4.78 is 10.4. The SMILES string of the molecule is COc1ccc([C@H]2CCN2)cc1OC. The van der Waals surface area contributed by atoms with Gasteiger partial charge in [0.15, 0.2) is 11.5 Å². The fourth-order valence-corrected chi connectivity index (χ4v) is 1.64. The molecule has 0 saturated carbocycles. The molecule has 0 unspecified atom stereocenters. The average Bonchev–Trinajstić information content (AvgIpc) is 2.15. The fraction of sp³-hybridized carbons (Fsp3) is 0.455. The van der Waals surface area contributed by atoms with Crippen LogP contribution < -0.4 is 14.8 Å². The van der Waals surface area contributed by atoms with Crippen LogP contribution in [0.3, 0.4) is 0 Å². The van der Waals surface area contributed by atoms with E-state index in [0.717, 1.165) is 18.0 Å². The van der Waals surface area contributed by atoms with E-state index in [1.807, 2.05) is 12.1 Å². The number of nitrogens with one attached hydrogen (secondary N) is 1. The Morgan fingerprint density at radius 2 is 1.93 bits per heavy atom. The van der Waals surface area contributed by atoms with Crippen molar-refractivity contribution in [2.24, 2.45) is 0 Å². The number of ether oxygens (including phenoxy) is 2. The molecule has 1 atom stereocenters. The zero-order valence-electron chi connectivity index (χ0n) is 8.54. The molecule has 0 amide bonds. The molecule has 3 heteroatoms. The van der Waals surface area contributed by atoms with Crippen molar-refractivity contribution in [3.05, 3.63) is 23.8 Å². The molecular formula is C11H15NO2. The maximum absolute atomic E-state index is 5.24. The molecule has 2 rings (SSSR count). The summed E-state index contributed by atoms with van der Waals surface area (Å²) in [5, 5.41) is 3.35. The van der Waals surface area contributed by atoms with Crippen molar-refractivity contribution in [1.29, 1.82) is 0 Å². The van der Waals surface area contributed by atoms with Gasteiger partial charge in [-0.15, -0.1) is 0 Å². The largest absolute Gasteiger partial charge is 0.493 e. The predicted octanol–water partition coefficient (Wildman–Crippen LogP) is 1.74. The first-order valence-electron chi connectivity index (χ1n) is 4.80. The van der Waals surface area contributed by atoms with Crippen LogP contribution in [0.2, 0.25) is 0 Å². The Morgan fingerprint density at radius 1 is 1.21 bits per heavy atom. The zero-order valence-corrected chi connectivity index (χ0v) is 8.54. The van der Waals surface area contributed by atoms with Crippen LogP contribution in [0.1, 0.15) is 18.0 Å². The molecule has 1 N–H and O–H groups in total. The lowest BCUT2D eigenvalue weighted by Gasteiger charge is -2.28. The number of benzene rings is 1. The molecule has 0 bridgehead atoms. The molecule has 0 aliphatic carbocycles. The summed E-state index contributed by atoms with van der Waals surface area (Å²) in [7, 11) is 3.31. The predicted molar refractivity (Wildman–Crippen MR) is 54.9 cm³/mol. The highest BCUT2D eigenvalue weighted by molar-refractivity contribution is 5.44. The number of methoxy groups -OCH3 is 2. The lowest BCUT2D eigenvalue weighted by Crippen LogP contribution is -2.34. The molecule has 3 nitrogen and oxygen atoms in total. The van der Waals surface area contributed by atoms with Gasteiger partial charge in [0.2, 0.25) is 0 Å². The van der Waals surface area contributed by atoms with Gasteiger partial charge in [0.25, 0.3) is 0 Å². The molecule has 1 aromatic rings. The van der Waals surface area contributed by atoms with E-state index in [2.05, 4.69) is 11.4 Å². The maximum Gasteiger partial charge on any atom is 0.161 e. The van der Waals surface area contributed by atoms with Gasteiger partial charge < -0.3 is 14.8 Å². The van der Waals surface area contributed by atoms with Crippen molar-refractivity contribution in [2.45, 2.75) is 12.5 Å². The van der Waals surface area contributed by atoms with Crippen LogP contribution in [-0.4, -0.2) is 20.8 Å². The maximum atomic E-state index is 5.24. The van der Waals surface area contributed by atoms with Crippen LogP contribution in [0.25, 0.3) is 0 Å². The van der Waals surface area contributed by atoms with Crippen molar-refractivity contribution in [2.75, 3.05) is 20.8 Å². The Kier molecular flexibility index (Phi) is 2.59. The van der Waals surface area contributed by atoms with E-state index in [9.17, 15) is 0 Å². The summed E-state index contributed by atoms with van der Waals surface area (Å²) in [6.07, 6.45) is 1.20. The van der Waals surface area contributed by atoms with E-state index in [-0.39, 0.29) is 0 Å². The summed E-state index contributed by atoms with van der Waals surface area (Å²) in [6, 6.07) is 6.57. The Labute approximate surface area is 84.0 Å². The van der Waals surface area contributed by atoms with Crippen molar-refractivity contribution in [1.82, 2.24) is 5.32 Å². The molecule has 0 aromatic heterocycles. The summed E-state index contributed by atoms with van der Waals surface area (Å²) in [5.74, 6) is 1.59. The second kappa shape index (κ2) is 3.88. The van der Waals surface area contributed by atoms with Crippen molar-refractivity contribution in [3.63, 3.8) is 0 Å². The topological polar surface area (TPSA) is 30.5 Å². The Hall–Kier alpha value is -1.22. The highest BCUT2D eigenvalue weighted by Crippen LogP contribution is 2.32. The van der Waals surface area contributed by atoms with Gasteiger partial charge in [-0.3, -0.25) is 0 Å². The van der Waals surface area contributed by atoms with E-state index in [1.165, 1.54) is 12.0 Å². The van der Waals surface area contributed by atoms with Crippen LogP contribution in [0.5, 0.6) is 11.5 Å². The fourth-order valence-electron chi connectivity index (χ4n) is 1.64. The average molecular weight is 193 g/mol. The van der Waals surface area contributed by atoms with E-state index in [0.29, 0.717) is 6.04 Å². The van der Waals surface area contributed by atoms with Crippen molar-refractivity contribution >= 4 is 0 Å². The van der Waals surface area contributed by atoms with Gasteiger partial charge in [-0.25, -0.2) is 0 Å². The standard InChI is InChI=1S/C11H15NO2/c1-13-10-4-3-8(7-11(10)14-2)9-5-6-12-9/h3-4,7,9,12H,5-6H2,1-2H3/t9-/m1/s1. The number of hydrogen-bond donors (Lipinski definition) is 1. The molecule has 1 heterocycles. The minimum Gasteiger partial charge on any atom is -0.493 e. The van der Waals surface area contributed by atoms with Crippen LogP contribution in [0.15, 0.2) is 18.2 Å². The van der Waals surface area contributed by atoms with Gasteiger partial charge in [0.05, 0.1) is 14.2 Å². The summed E-state index contributed by atoms with van der Waals surface area (Å²) in [4.78, 5) is 0. The van der Waals surface area contributed by atoms with Crippen LogP contribution in [0.4, 0.5) is 0 Å². The molecule has 1 fully saturated rings. The molecule has 14 heavy (non-hydrogen) atoms. The number of hydrogen-bond acceptors (Lipinski definition) is 3. The number of rotatable bonds is 3. The normalized spacial score (nSPS) is 20.0. The summed E-state index contributed by atoms with van der Waals surface area (Å²) in [5.41, 5.74) is 1.27. The second-order valence-electron chi connectivity index (χ2n) is 3.41. The van der Waals surface area contributed by atoms with Gasteiger partial charge in [-0.05, 0) is 30.7 Å². The van der Waals surface area contributed by atoms with Gasteiger partial charge in [-0.2, -0.15) is 0 Å². The summed E-state index contributed by atoms with van der Waals surface area (Å²) in [6.45, 7) is 1.11. The van der Waals surface area contributed by atoms with Crippen LogP contribution >= 0.6 is 0 Å². The quantitative estimate of drug-likeness (QED) is 0.793. The first-order valence-corrected chi connectivity index (χ1v) is 4.80.